The van der Waals surface area contributed by atoms with Gasteiger partial charge in [-0.1, -0.05) is 13.3 Å². The van der Waals surface area contributed by atoms with E-state index in [1.807, 2.05) is 0 Å². The molecule has 100 valence electrons. The van der Waals surface area contributed by atoms with Crippen LogP contribution in [0.25, 0.3) is 0 Å². The van der Waals surface area contributed by atoms with Crippen molar-refractivity contribution in [2.24, 2.45) is 5.92 Å². The second kappa shape index (κ2) is 5.61. The predicted octanol–water partition coefficient (Wildman–Crippen LogP) is 2.36. The van der Waals surface area contributed by atoms with Crippen molar-refractivity contribution in [3.8, 4) is 0 Å². The van der Waals surface area contributed by atoms with Crippen molar-refractivity contribution < 1.29 is 9.50 Å². The largest absolute Gasteiger partial charge is 0.388 e. The van der Waals surface area contributed by atoms with Crippen LogP contribution in [0.4, 0.5) is 10.3 Å². The van der Waals surface area contributed by atoms with Crippen molar-refractivity contribution in [1.29, 1.82) is 0 Å². The van der Waals surface area contributed by atoms with Gasteiger partial charge in [-0.15, -0.1) is 0 Å². The van der Waals surface area contributed by atoms with Crippen molar-refractivity contribution in [3.05, 3.63) is 18.2 Å². The molecule has 1 aliphatic rings. The number of hydrogen-bond acceptors (Lipinski definition) is 4. The Balaban J connectivity index is 1.84. The highest BCUT2D eigenvalue weighted by Gasteiger charge is 2.32. The molecule has 2 rings (SSSR count). The van der Waals surface area contributed by atoms with E-state index in [1.165, 1.54) is 6.42 Å². The third kappa shape index (κ3) is 3.38. The quantitative estimate of drug-likeness (QED) is 0.865. The summed E-state index contributed by atoms with van der Waals surface area (Å²) in [5, 5.41) is 13.4. The van der Waals surface area contributed by atoms with Crippen LogP contribution in [0.3, 0.4) is 0 Å². The van der Waals surface area contributed by atoms with Gasteiger partial charge >= 0.3 is 0 Å². The van der Waals surface area contributed by atoms with Crippen molar-refractivity contribution in [3.63, 3.8) is 0 Å². The van der Waals surface area contributed by atoms with E-state index in [9.17, 15) is 9.50 Å². The summed E-state index contributed by atoms with van der Waals surface area (Å²) in [7, 11) is 0. The van der Waals surface area contributed by atoms with Gasteiger partial charge in [0, 0.05) is 6.54 Å². The number of nitrogens with one attached hydrogen (secondary N) is 1. The summed E-state index contributed by atoms with van der Waals surface area (Å²) >= 11 is 0. The standard InChI is InChI=1S/C13H20FN3O/c1-2-10-3-5-13(18,6-4-10)9-17-12-15-7-11(14)8-16-12/h7-8,10,18H,2-6,9H2,1H3,(H,15,16,17). The highest BCUT2D eigenvalue weighted by atomic mass is 19.1. The van der Waals surface area contributed by atoms with E-state index >= 15 is 0 Å². The van der Waals surface area contributed by atoms with E-state index in [2.05, 4.69) is 22.2 Å². The number of halogens is 1. The summed E-state index contributed by atoms with van der Waals surface area (Å²) in [5.74, 6) is 0.650. The highest BCUT2D eigenvalue weighted by Crippen LogP contribution is 2.33. The van der Waals surface area contributed by atoms with E-state index in [4.69, 9.17) is 0 Å². The number of hydrogen-bond donors (Lipinski definition) is 2. The van der Waals surface area contributed by atoms with Gasteiger partial charge in [0.1, 0.15) is 0 Å². The van der Waals surface area contributed by atoms with Crippen molar-refractivity contribution >= 4 is 5.95 Å². The second-order valence-electron chi connectivity index (χ2n) is 5.15. The Morgan fingerprint density at radius 1 is 1.39 bits per heavy atom. The van der Waals surface area contributed by atoms with Crippen LogP contribution in [-0.4, -0.2) is 27.2 Å². The van der Waals surface area contributed by atoms with Crippen LogP contribution >= 0.6 is 0 Å². The first-order valence-corrected chi connectivity index (χ1v) is 6.55. The number of rotatable bonds is 4. The van der Waals surface area contributed by atoms with Gasteiger partial charge in [-0.3, -0.25) is 0 Å². The van der Waals surface area contributed by atoms with E-state index in [0.717, 1.165) is 44.0 Å². The Bertz CT molecular complexity index is 374. The first-order chi connectivity index (χ1) is 8.61. The third-order valence-electron chi connectivity index (χ3n) is 3.81. The van der Waals surface area contributed by atoms with Crippen molar-refractivity contribution in [2.75, 3.05) is 11.9 Å². The van der Waals surface area contributed by atoms with Gasteiger partial charge in [-0.25, -0.2) is 14.4 Å². The summed E-state index contributed by atoms with van der Waals surface area (Å²) in [5.41, 5.74) is -0.677. The van der Waals surface area contributed by atoms with Crippen LogP contribution in [0, 0.1) is 11.7 Å². The fourth-order valence-electron chi connectivity index (χ4n) is 2.45. The number of aliphatic hydroxyl groups is 1. The van der Waals surface area contributed by atoms with E-state index < -0.39 is 11.4 Å². The molecular weight excluding hydrogens is 233 g/mol. The molecule has 0 aliphatic heterocycles. The van der Waals surface area contributed by atoms with Gasteiger partial charge in [0.2, 0.25) is 5.95 Å². The maximum atomic E-state index is 12.6. The van der Waals surface area contributed by atoms with Crippen LogP contribution in [0.15, 0.2) is 12.4 Å². The molecule has 2 N–H and O–H groups in total. The molecule has 1 aromatic rings. The number of nitrogens with zero attached hydrogens (tertiary/aromatic N) is 2. The minimum Gasteiger partial charge on any atom is -0.388 e. The molecule has 4 nitrogen and oxygen atoms in total. The Hall–Kier alpha value is -1.23. The molecule has 0 unspecified atom stereocenters. The van der Waals surface area contributed by atoms with Crippen LogP contribution in [0.5, 0.6) is 0 Å². The van der Waals surface area contributed by atoms with E-state index in [0.29, 0.717) is 12.5 Å². The molecule has 1 aromatic heterocycles. The molecule has 0 aromatic carbocycles. The molecule has 1 saturated carbocycles. The second-order valence-corrected chi connectivity index (χ2v) is 5.15. The predicted molar refractivity (Wildman–Crippen MR) is 67.7 cm³/mol. The van der Waals surface area contributed by atoms with Gasteiger partial charge < -0.3 is 10.4 Å². The molecule has 0 saturated heterocycles. The number of anilines is 1. The van der Waals surface area contributed by atoms with Crippen LogP contribution in [0.2, 0.25) is 0 Å². The molecule has 1 heterocycles. The lowest BCUT2D eigenvalue weighted by atomic mass is 9.78. The summed E-state index contributed by atoms with van der Waals surface area (Å²) in [6.45, 7) is 2.62. The van der Waals surface area contributed by atoms with E-state index in [-0.39, 0.29) is 0 Å². The zero-order chi connectivity index (χ0) is 13.0. The van der Waals surface area contributed by atoms with Gasteiger partial charge in [-0.2, -0.15) is 0 Å². The Labute approximate surface area is 107 Å². The normalized spacial score (nSPS) is 28.1. The third-order valence-corrected chi connectivity index (χ3v) is 3.81. The molecule has 1 fully saturated rings. The maximum absolute atomic E-state index is 12.6. The molecule has 5 heteroatoms. The Morgan fingerprint density at radius 2 is 2.00 bits per heavy atom. The van der Waals surface area contributed by atoms with Crippen LogP contribution in [-0.2, 0) is 0 Å². The van der Waals surface area contributed by atoms with Gasteiger partial charge in [0.15, 0.2) is 5.82 Å². The maximum Gasteiger partial charge on any atom is 0.222 e. The Kier molecular flexibility index (Phi) is 4.11. The Morgan fingerprint density at radius 3 is 2.56 bits per heavy atom. The van der Waals surface area contributed by atoms with E-state index in [1.54, 1.807) is 0 Å². The lowest BCUT2D eigenvalue weighted by Gasteiger charge is -2.35. The molecule has 18 heavy (non-hydrogen) atoms. The van der Waals surface area contributed by atoms with Gasteiger partial charge in [0.25, 0.3) is 0 Å². The molecule has 0 atom stereocenters. The molecule has 0 spiro atoms. The molecule has 0 amide bonds. The average molecular weight is 253 g/mol. The summed E-state index contributed by atoms with van der Waals surface area (Å²) in [6.07, 6.45) is 7.17. The van der Waals surface area contributed by atoms with Gasteiger partial charge in [-0.05, 0) is 31.6 Å². The van der Waals surface area contributed by atoms with Gasteiger partial charge in [0.05, 0.1) is 18.0 Å². The zero-order valence-electron chi connectivity index (χ0n) is 10.7. The fourth-order valence-corrected chi connectivity index (χ4v) is 2.45. The van der Waals surface area contributed by atoms with Crippen LogP contribution in [0.1, 0.15) is 39.0 Å². The smallest absolute Gasteiger partial charge is 0.222 e. The van der Waals surface area contributed by atoms with Crippen molar-refractivity contribution in [1.82, 2.24) is 9.97 Å². The highest BCUT2D eigenvalue weighted by molar-refractivity contribution is 5.23. The minimum atomic E-state index is -0.677. The number of aromatic nitrogens is 2. The molecule has 1 aliphatic carbocycles. The zero-order valence-corrected chi connectivity index (χ0v) is 10.7. The first-order valence-electron chi connectivity index (χ1n) is 6.55. The summed E-state index contributed by atoms with van der Waals surface area (Å²) in [6, 6.07) is 0. The lowest BCUT2D eigenvalue weighted by molar-refractivity contribution is 0.00216. The lowest BCUT2D eigenvalue weighted by Crippen LogP contribution is -2.40. The fraction of sp³-hybridized carbons (Fsp3) is 0.692. The average Bonchev–Trinajstić information content (AvgIpc) is 2.39. The monoisotopic (exact) mass is 253 g/mol. The SMILES string of the molecule is CCC1CCC(O)(CNc2ncc(F)cn2)CC1. The molecular formula is C13H20FN3O. The first kappa shape index (κ1) is 13.2. The molecule has 0 radical (unpaired) electrons. The summed E-state index contributed by atoms with van der Waals surface area (Å²) in [4.78, 5) is 7.63. The topological polar surface area (TPSA) is 58.0 Å². The molecule has 0 bridgehead atoms. The summed E-state index contributed by atoms with van der Waals surface area (Å²) < 4.78 is 12.6. The van der Waals surface area contributed by atoms with Crippen molar-refractivity contribution in [2.45, 2.75) is 44.6 Å². The van der Waals surface area contributed by atoms with Crippen LogP contribution < -0.4 is 5.32 Å². The minimum absolute atomic E-state index is 0.363.